The first-order valence-corrected chi connectivity index (χ1v) is 7.35. The van der Waals surface area contributed by atoms with Crippen LogP contribution in [0.25, 0.3) is 0 Å². The van der Waals surface area contributed by atoms with E-state index in [0.29, 0.717) is 0 Å². The predicted molar refractivity (Wildman–Crippen MR) is 76.0 cm³/mol. The molecular weight excluding hydrogens is 317 g/mol. The maximum absolute atomic E-state index is 13.6. The Morgan fingerprint density at radius 2 is 1.74 bits per heavy atom. The molecule has 134 valence electrons. The molecule has 0 aromatic heterocycles. The largest absolute Gasteiger partial charge is 0.465 e. The van der Waals surface area contributed by atoms with E-state index in [0.717, 1.165) is 9.80 Å². The summed E-state index contributed by atoms with van der Waals surface area (Å²) in [4.78, 5) is 24.7. The van der Waals surface area contributed by atoms with Crippen LogP contribution < -0.4 is 0 Å². The molecule has 1 aliphatic rings. The highest BCUT2D eigenvalue weighted by Crippen LogP contribution is 2.39. The van der Waals surface area contributed by atoms with Crippen LogP contribution in [-0.2, 0) is 9.53 Å². The van der Waals surface area contributed by atoms with Gasteiger partial charge in [-0.1, -0.05) is 20.8 Å². The van der Waals surface area contributed by atoms with Gasteiger partial charge in [-0.2, -0.15) is 13.2 Å². The van der Waals surface area contributed by atoms with Crippen LogP contribution in [0, 0.1) is 5.41 Å². The smallest absolute Gasteiger partial charge is 0.407 e. The van der Waals surface area contributed by atoms with Gasteiger partial charge >= 0.3 is 18.2 Å². The molecule has 1 saturated heterocycles. The second-order valence-corrected chi connectivity index (χ2v) is 6.55. The zero-order valence-electron chi connectivity index (χ0n) is 13.7. The summed E-state index contributed by atoms with van der Waals surface area (Å²) in [6.45, 7) is 5.52. The first-order valence-electron chi connectivity index (χ1n) is 7.35. The van der Waals surface area contributed by atoms with E-state index in [4.69, 9.17) is 4.74 Å². The van der Waals surface area contributed by atoms with Gasteiger partial charge in [0.05, 0.1) is 19.2 Å². The highest BCUT2D eigenvalue weighted by atomic mass is 19.4. The normalized spacial score (nSPS) is 23.7. The van der Waals surface area contributed by atoms with Crippen molar-refractivity contribution >= 4 is 12.1 Å². The highest BCUT2D eigenvalue weighted by molar-refractivity contribution is 5.72. The third kappa shape index (κ3) is 4.73. The maximum atomic E-state index is 13.6. The van der Waals surface area contributed by atoms with Crippen LogP contribution in [-0.4, -0.2) is 71.5 Å². The standard InChI is InChI=1S/C14H23F3N2O4/c1-5-23-9(20)8-18-6-7-19(12(21)22)10(13(2,3)4)11(18)14(15,16)17/h10-11H,5-8H2,1-4H3,(H,21,22)/t10-,11?/m1/s1. The molecule has 0 spiro atoms. The number of carbonyl (C=O) groups is 2. The molecule has 1 heterocycles. The molecule has 0 bridgehead atoms. The Labute approximate surface area is 133 Å². The van der Waals surface area contributed by atoms with E-state index in [-0.39, 0.29) is 19.7 Å². The minimum absolute atomic E-state index is 0.0767. The van der Waals surface area contributed by atoms with Gasteiger partial charge in [-0.05, 0) is 12.3 Å². The molecule has 0 saturated carbocycles. The van der Waals surface area contributed by atoms with Crippen molar-refractivity contribution in [1.29, 1.82) is 0 Å². The Kier molecular flexibility index (Phi) is 5.89. The summed E-state index contributed by atoms with van der Waals surface area (Å²) < 4.78 is 45.6. The molecule has 1 aliphatic heterocycles. The van der Waals surface area contributed by atoms with Crippen molar-refractivity contribution in [3.8, 4) is 0 Å². The average Bonchev–Trinajstić information content (AvgIpc) is 2.35. The zero-order chi connectivity index (χ0) is 18.0. The Morgan fingerprint density at radius 1 is 1.17 bits per heavy atom. The molecule has 6 nitrogen and oxygen atoms in total. The van der Waals surface area contributed by atoms with Gasteiger partial charge in [-0.15, -0.1) is 0 Å². The van der Waals surface area contributed by atoms with Crippen LogP contribution in [0.4, 0.5) is 18.0 Å². The molecule has 0 radical (unpaired) electrons. The number of piperazine rings is 1. The summed E-state index contributed by atoms with van der Waals surface area (Å²) in [6, 6.07) is -3.38. The lowest BCUT2D eigenvalue weighted by molar-refractivity contribution is -0.220. The predicted octanol–water partition coefficient (Wildman–Crippen LogP) is 2.19. The van der Waals surface area contributed by atoms with Crippen molar-refractivity contribution in [2.24, 2.45) is 5.41 Å². The van der Waals surface area contributed by atoms with Crippen molar-refractivity contribution in [1.82, 2.24) is 9.80 Å². The number of carbonyl (C=O) groups excluding carboxylic acids is 1. The Hall–Kier alpha value is -1.51. The molecular formula is C14H23F3N2O4. The molecule has 2 atom stereocenters. The highest BCUT2D eigenvalue weighted by Gasteiger charge is 2.57. The van der Waals surface area contributed by atoms with E-state index in [2.05, 4.69) is 0 Å². The van der Waals surface area contributed by atoms with Crippen LogP contribution >= 0.6 is 0 Å². The molecule has 23 heavy (non-hydrogen) atoms. The van der Waals surface area contributed by atoms with Gasteiger partial charge in [0.2, 0.25) is 0 Å². The molecule has 0 aromatic rings. The van der Waals surface area contributed by atoms with Gasteiger partial charge < -0.3 is 14.7 Å². The quantitative estimate of drug-likeness (QED) is 0.798. The van der Waals surface area contributed by atoms with E-state index >= 15 is 0 Å². The number of hydrogen-bond acceptors (Lipinski definition) is 4. The summed E-state index contributed by atoms with van der Waals surface area (Å²) in [5.74, 6) is -0.752. The monoisotopic (exact) mass is 340 g/mol. The zero-order valence-corrected chi connectivity index (χ0v) is 13.7. The van der Waals surface area contributed by atoms with Crippen LogP contribution in [0.15, 0.2) is 0 Å². The summed E-state index contributed by atoms with van der Waals surface area (Å²) in [5, 5.41) is 9.26. The van der Waals surface area contributed by atoms with E-state index < -0.39 is 42.3 Å². The van der Waals surface area contributed by atoms with E-state index in [1.165, 1.54) is 0 Å². The molecule has 1 unspecified atom stereocenters. The number of esters is 1. The summed E-state index contributed by atoms with van der Waals surface area (Å²) in [7, 11) is 0. The third-order valence-corrected chi connectivity index (χ3v) is 3.76. The summed E-state index contributed by atoms with van der Waals surface area (Å²) in [6.07, 6.45) is -6.06. The minimum Gasteiger partial charge on any atom is -0.465 e. The Bertz CT molecular complexity index is 448. The number of alkyl halides is 3. The SMILES string of the molecule is CCOC(=O)CN1CCN(C(=O)O)[C@@H](C(C)(C)C)C1C(F)(F)F. The molecule has 1 N–H and O–H groups in total. The molecule has 9 heteroatoms. The van der Waals surface area contributed by atoms with Crippen molar-refractivity contribution < 1.29 is 32.6 Å². The fraction of sp³-hybridized carbons (Fsp3) is 0.857. The van der Waals surface area contributed by atoms with Crippen LogP contribution in [0.2, 0.25) is 0 Å². The summed E-state index contributed by atoms with van der Waals surface area (Å²) in [5.41, 5.74) is -0.952. The van der Waals surface area contributed by atoms with E-state index in [9.17, 15) is 27.9 Å². The molecule has 0 aromatic carbocycles. The number of nitrogens with zero attached hydrogens (tertiary/aromatic N) is 2. The lowest BCUT2D eigenvalue weighted by atomic mass is 9.79. The van der Waals surface area contributed by atoms with Gasteiger partial charge in [-0.25, -0.2) is 4.79 Å². The number of hydrogen-bond donors (Lipinski definition) is 1. The Morgan fingerprint density at radius 3 is 2.13 bits per heavy atom. The van der Waals surface area contributed by atoms with Crippen LogP contribution in [0.5, 0.6) is 0 Å². The molecule has 1 amide bonds. The number of amides is 1. The second-order valence-electron chi connectivity index (χ2n) is 6.55. The summed E-state index contributed by atoms with van der Waals surface area (Å²) >= 11 is 0. The van der Waals surface area contributed by atoms with Crippen LogP contribution in [0.3, 0.4) is 0 Å². The van der Waals surface area contributed by atoms with Crippen molar-refractivity contribution in [2.45, 2.75) is 46.0 Å². The van der Waals surface area contributed by atoms with E-state index in [1.54, 1.807) is 27.7 Å². The maximum Gasteiger partial charge on any atom is 0.407 e. The van der Waals surface area contributed by atoms with Crippen molar-refractivity contribution in [2.75, 3.05) is 26.2 Å². The number of rotatable bonds is 3. The van der Waals surface area contributed by atoms with Gasteiger partial charge in [0.15, 0.2) is 0 Å². The second kappa shape index (κ2) is 6.94. The Balaban J connectivity index is 3.20. The number of carboxylic acid groups (broad SMARTS) is 1. The van der Waals surface area contributed by atoms with Gasteiger partial charge in [0, 0.05) is 13.1 Å². The number of halogens is 3. The topological polar surface area (TPSA) is 70.1 Å². The molecule has 0 aliphatic carbocycles. The minimum atomic E-state index is -4.67. The van der Waals surface area contributed by atoms with Crippen molar-refractivity contribution in [3.05, 3.63) is 0 Å². The van der Waals surface area contributed by atoms with Gasteiger partial charge in [0.25, 0.3) is 0 Å². The third-order valence-electron chi connectivity index (χ3n) is 3.76. The van der Waals surface area contributed by atoms with Gasteiger partial charge in [0.1, 0.15) is 6.04 Å². The molecule has 1 rings (SSSR count). The first-order chi connectivity index (χ1) is 10.4. The molecule has 1 fully saturated rings. The fourth-order valence-electron chi connectivity index (χ4n) is 2.98. The lowest BCUT2D eigenvalue weighted by Gasteiger charge is -2.51. The lowest BCUT2D eigenvalue weighted by Crippen LogP contribution is -2.69. The van der Waals surface area contributed by atoms with Crippen molar-refractivity contribution in [3.63, 3.8) is 0 Å². The van der Waals surface area contributed by atoms with Gasteiger partial charge in [-0.3, -0.25) is 9.69 Å². The fourth-order valence-corrected chi connectivity index (χ4v) is 2.98. The number of ether oxygens (including phenoxy) is 1. The van der Waals surface area contributed by atoms with E-state index in [1.807, 2.05) is 0 Å². The first kappa shape index (κ1) is 19.5. The average molecular weight is 340 g/mol. The van der Waals surface area contributed by atoms with Crippen LogP contribution in [0.1, 0.15) is 27.7 Å².